The van der Waals surface area contributed by atoms with Gasteiger partial charge < -0.3 is 18.8 Å². The van der Waals surface area contributed by atoms with Crippen molar-refractivity contribution in [2.24, 2.45) is 0 Å². The van der Waals surface area contributed by atoms with Crippen LogP contribution < -0.4 is 0 Å². The predicted octanol–water partition coefficient (Wildman–Crippen LogP) is 2.27. The highest BCUT2D eigenvalue weighted by molar-refractivity contribution is 5.67. The lowest BCUT2D eigenvalue weighted by Crippen LogP contribution is -2.38. The van der Waals surface area contributed by atoms with Gasteiger partial charge in [-0.3, -0.25) is 0 Å². The number of ether oxygens (including phenoxy) is 1. The average Bonchev–Trinajstić information content (AvgIpc) is 3.29. The van der Waals surface area contributed by atoms with Crippen LogP contribution in [-0.2, 0) is 17.8 Å². The molecule has 25 heavy (non-hydrogen) atoms. The SMILES string of the molecule is CCCOC(=O)N1CCC(c2nnc(Cn3ccnc3)n2CC)CC1. The molecule has 0 radical (unpaired) electrons. The van der Waals surface area contributed by atoms with E-state index >= 15 is 0 Å². The number of aromatic nitrogens is 5. The van der Waals surface area contributed by atoms with Crippen molar-refractivity contribution in [1.82, 2.24) is 29.2 Å². The molecule has 0 aliphatic carbocycles. The van der Waals surface area contributed by atoms with Gasteiger partial charge in [0.2, 0.25) is 0 Å². The monoisotopic (exact) mass is 346 g/mol. The number of amides is 1. The van der Waals surface area contributed by atoms with Gasteiger partial charge in [0.1, 0.15) is 5.82 Å². The zero-order valence-electron chi connectivity index (χ0n) is 15.0. The zero-order chi connectivity index (χ0) is 17.6. The first-order valence-corrected chi connectivity index (χ1v) is 9.02. The molecule has 8 nitrogen and oxygen atoms in total. The summed E-state index contributed by atoms with van der Waals surface area (Å²) >= 11 is 0. The largest absolute Gasteiger partial charge is 0.449 e. The minimum atomic E-state index is -0.196. The van der Waals surface area contributed by atoms with Crippen molar-refractivity contribution < 1.29 is 9.53 Å². The summed E-state index contributed by atoms with van der Waals surface area (Å²) in [5, 5.41) is 8.85. The second-order valence-corrected chi connectivity index (χ2v) is 6.33. The van der Waals surface area contributed by atoms with Crippen molar-refractivity contribution in [3.8, 4) is 0 Å². The Hall–Kier alpha value is -2.38. The highest BCUT2D eigenvalue weighted by Gasteiger charge is 2.28. The van der Waals surface area contributed by atoms with Gasteiger partial charge in [-0.1, -0.05) is 6.92 Å². The number of carbonyl (C=O) groups is 1. The molecule has 2 aromatic heterocycles. The van der Waals surface area contributed by atoms with Crippen molar-refractivity contribution in [3.63, 3.8) is 0 Å². The minimum Gasteiger partial charge on any atom is -0.449 e. The molecule has 0 saturated carbocycles. The Morgan fingerprint density at radius 1 is 1.28 bits per heavy atom. The number of likely N-dealkylation sites (tertiary alicyclic amines) is 1. The minimum absolute atomic E-state index is 0.196. The summed E-state index contributed by atoms with van der Waals surface area (Å²) in [4.78, 5) is 17.8. The van der Waals surface area contributed by atoms with Crippen LogP contribution >= 0.6 is 0 Å². The van der Waals surface area contributed by atoms with Gasteiger partial charge in [-0.15, -0.1) is 10.2 Å². The topological polar surface area (TPSA) is 78.1 Å². The lowest BCUT2D eigenvalue weighted by molar-refractivity contribution is 0.0921. The molecule has 0 bridgehead atoms. The fourth-order valence-electron chi connectivity index (χ4n) is 3.26. The maximum Gasteiger partial charge on any atom is 0.409 e. The summed E-state index contributed by atoms with van der Waals surface area (Å²) in [5.74, 6) is 2.30. The molecule has 8 heteroatoms. The Labute approximate surface area is 147 Å². The van der Waals surface area contributed by atoms with E-state index in [0.29, 0.717) is 32.2 Å². The molecule has 1 fully saturated rings. The summed E-state index contributed by atoms with van der Waals surface area (Å²) in [7, 11) is 0. The van der Waals surface area contributed by atoms with Crippen molar-refractivity contribution >= 4 is 6.09 Å². The van der Waals surface area contributed by atoms with Gasteiger partial charge >= 0.3 is 6.09 Å². The first kappa shape index (κ1) is 17.4. The Kier molecular flexibility index (Phi) is 5.67. The van der Waals surface area contributed by atoms with E-state index in [2.05, 4.69) is 26.7 Å². The number of piperidine rings is 1. The third kappa shape index (κ3) is 4.00. The Morgan fingerprint density at radius 3 is 2.72 bits per heavy atom. The van der Waals surface area contributed by atoms with E-state index in [-0.39, 0.29) is 6.09 Å². The molecule has 1 saturated heterocycles. The quantitative estimate of drug-likeness (QED) is 0.802. The average molecular weight is 346 g/mol. The predicted molar refractivity (Wildman–Crippen MR) is 92.2 cm³/mol. The molecule has 0 aromatic carbocycles. The molecule has 1 aliphatic heterocycles. The summed E-state index contributed by atoms with van der Waals surface area (Å²) in [5.41, 5.74) is 0. The number of imidazole rings is 1. The zero-order valence-corrected chi connectivity index (χ0v) is 15.0. The van der Waals surface area contributed by atoms with Crippen LogP contribution in [0.4, 0.5) is 4.79 Å². The lowest BCUT2D eigenvalue weighted by atomic mass is 9.96. The smallest absolute Gasteiger partial charge is 0.409 e. The van der Waals surface area contributed by atoms with Gasteiger partial charge in [0.25, 0.3) is 0 Å². The van der Waals surface area contributed by atoms with E-state index in [1.165, 1.54) is 0 Å². The molecular weight excluding hydrogens is 320 g/mol. The lowest BCUT2D eigenvalue weighted by Gasteiger charge is -2.31. The fourth-order valence-corrected chi connectivity index (χ4v) is 3.26. The maximum absolute atomic E-state index is 12.0. The van der Waals surface area contributed by atoms with E-state index < -0.39 is 0 Å². The second kappa shape index (κ2) is 8.13. The van der Waals surface area contributed by atoms with E-state index in [1.54, 1.807) is 17.4 Å². The number of hydrogen-bond donors (Lipinski definition) is 0. The first-order chi connectivity index (χ1) is 12.2. The molecule has 1 aliphatic rings. The third-order valence-corrected chi connectivity index (χ3v) is 4.60. The van der Waals surface area contributed by atoms with Crippen LogP contribution in [-0.4, -0.2) is 55.0 Å². The molecule has 1 amide bonds. The number of rotatable bonds is 6. The first-order valence-electron chi connectivity index (χ1n) is 9.02. The van der Waals surface area contributed by atoms with Gasteiger partial charge in [0, 0.05) is 37.9 Å². The van der Waals surface area contributed by atoms with E-state index in [0.717, 1.165) is 37.5 Å². The highest BCUT2D eigenvalue weighted by Crippen LogP contribution is 2.27. The van der Waals surface area contributed by atoms with Crippen LogP contribution in [0.2, 0.25) is 0 Å². The van der Waals surface area contributed by atoms with Crippen LogP contribution in [0.15, 0.2) is 18.7 Å². The van der Waals surface area contributed by atoms with E-state index in [4.69, 9.17) is 4.74 Å². The van der Waals surface area contributed by atoms with E-state index in [9.17, 15) is 4.79 Å². The highest BCUT2D eigenvalue weighted by atomic mass is 16.6. The van der Waals surface area contributed by atoms with Crippen LogP contribution in [0, 0.1) is 0 Å². The van der Waals surface area contributed by atoms with Crippen LogP contribution in [0.25, 0.3) is 0 Å². The molecular formula is C17H26N6O2. The van der Waals surface area contributed by atoms with Gasteiger partial charge in [-0.25, -0.2) is 9.78 Å². The van der Waals surface area contributed by atoms with E-state index in [1.807, 2.05) is 17.7 Å². The number of nitrogens with zero attached hydrogens (tertiary/aromatic N) is 6. The Balaban J connectivity index is 1.63. The van der Waals surface area contributed by atoms with Crippen LogP contribution in [0.5, 0.6) is 0 Å². The van der Waals surface area contributed by atoms with Gasteiger partial charge in [0.15, 0.2) is 5.82 Å². The normalized spacial score (nSPS) is 15.5. The van der Waals surface area contributed by atoms with Crippen molar-refractivity contribution in [2.75, 3.05) is 19.7 Å². The Morgan fingerprint density at radius 2 is 2.08 bits per heavy atom. The van der Waals surface area contributed by atoms with Crippen LogP contribution in [0.3, 0.4) is 0 Å². The number of hydrogen-bond acceptors (Lipinski definition) is 5. The molecule has 0 spiro atoms. The molecule has 136 valence electrons. The van der Waals surface area contributed by atoms with Crippen molar-refractivity contribution in [3.05, 3.63) is 30.4 Å². The molecule has 3 rings (SSSR count). The van der Waals surface area contributed by atoms with Crippen LogP contribution in [0.1, 0.15) is 50.7 Å². The van der Waals surface area contributed by atoms with Gasteiger partial charge in [0.05, 0.1) is 19.5 Å². The molecule has 2 aromatic rings. The third-order valence-electron chi connectivity index (χ3n) is 4.60. The number of carbonyl (C=O) groups excluding carboxylic acids is 1. The van der Waals surface area contributed by atoms with Gasteiger partial charge in [-0.05, 0) is 26.2 Å². The summed E-state index contributed by atoms with van der Waals surface area (Å²) < 4.78 is 9.41. The maximum atomic E-state index is 12.0. The summed E-state index contributed by atoms with van der Waals surface area (Å²) in [6, 6.07) is 0. The molecule has 0 N–H and O–H groups in total. The molecule has 0 unspecified atom stereocenters. The second-order valence-electron chi connectivity index (χ2n) is 6.33. The summed E-state index contributed by atoms with van der Waals surface area (Å²) in [6.07, 6.45) is 7.92. The van der Waals surface area contributed by atoms with Gasteiger partial charge in [-0.2, -0.15) is 0 Å². The Bertz CT molecular complexity index is 673. The fraction of sp³-hybridized carbons (Fsp3) is 0.647. The van der Waals surface area contributed by atoms with Crippen molar-refractivity contribution in [2.45, 2.75) is 52.1 Å². The van der Waals surface area contributed by atoms with Crippen molar-refractivity contribution in [1.29, 1.82) is 0 Å². The summed E-state index contributed by atoms with van der Waals surface area (Å²) in [6.45, 7) is 7.52. The molecule has 3 heterocycles. The standard InChI is InChI=1S/C17H26N6O2/c1-3-11-25-17(24)22-8-5-14(6-9-22)16-20-19-15(23(16)4-2)12-21-10-7-18-13-21/h7,10,13-14H,3-6,8-9,11-12H2,1-2H3. The molecule has 0 atom stereocenters.